The number of hydrogen-bond donors (Lipinski definition) is 1. The highest BCUT2D eigenvalue weighted by Crippen LogP contribution is 2.11. The van der Waals surface area contributed by atoms with Crippen LogP contribution in [0, 0.1) is 0 Å². The van der Waals surface area contributed by atoms with Crippen molar-refractivity contribution in [1.82, 2.24) is 10.2 Å². The first-order valence-electron chi connectivity index (χ1n) is 7.32. The molecule has 1 N–H and O–H groups in total. The number of nitrogens with zero attached hydrogens (tertiary/aromatic N) is 1. The van der Waals surface area contributed by atoms with Crippen LogP contribution in [0.4, 0.5) is 0 Å². The highest BCUT2D eigenvalue weighted by Gasteiger charge is 2.17. The maximum Gasteiger partial charge on any atom is 0.0595 e. The van der Waals surface area contributed by atoms with Gasteiger partial charge in [0, 0.05) is 33.3 Å². The molecule has 0 radical (unpaired) electrons. The van der Waals surface area contributed by atoms with Gasteiger partial charge in [-0.1, -0.05) is 26.2 Å². The summed E-state index contributed by atoms with van der Waals surface area (Å²) < 4.78 is 5.38. The zero-order valence-electron chi connectivity index (χ0n) is 11.7. The quantitative estimate of drug-likeness (QED) is 0.628. The molecule has 1 aliphatic rings. The van der Waals surface area contributed by atoms with Crippen LogP contribution >= 0.6 is 0 Å². The van der Waals surface area contributed by atoms with Crippen LogP contribution in [0.3, 0.4) is 0 Å². The molecular formula is C14H30N2O. The van der Waals surface area contributed by atoms with Gasteiger partial charge in [0.15, 0.2) is 0 Å². The number of hydrogen-bond acceptors (Lipinski definition) is 3. The van der Waals surface area contributed by atoms with Gasteiger partial charge >= 0.3 is 0 Å². The van der Waals surface area contributed by atoms with E-state index in [9.17, 15) is 0 Å². The SMILES string of the molecule is CCCCCCNCCN1CCC(OC)CC1. The van der Waals surface area contributed by atoms with E-state index in [-0.39, 0.29) is 0 Å². The Morgan fingerprint density at radius 2 is 1.88 bits per heavy atom. The fourth-order valence-electron chi connectivity index (χ4n) is 2.41. The molecule has 1 aliphatic heterocycles. The Hall–Kier alpha value is -0.120. The van der Waals surface area contributed by atoms with Crippen molar-refractivity contribution in [2.45, 2.75) is 51.6 Å². The standard InChI is InChI=1S/C14H30N2O/c1-3-4-5-6-9-15-10-13-16-11-7-14(17-2)8-12-16/h14-15H,3-13H2,1-2H3. The van der Waals surface area contributed by atoms with E-state index in [4.69, 9.17) is 4.74 Å². The van der Waals surface area contributed by atoms with E-state index < -0.39 is 0 Å². The largest absolute Gasteiger partial charge is 0.381 e. The van der Waals surface area contributed by atoms with Crippen molar-refractivity contribution in [3.05, 3.63) is 0 Å². The molecule has 0 saturated carbocycles. The molecule has 0 aliphatic carbocycles. The van der Waals surface area contributed by atoms with Gasteiger partial charge in [-0.15, -0.1) is 0 Å². The third-order valence-electron chi connectivity index (χ3n) is 3.68. The Kier molecular flexibility index (Phi) is 8.67. The summed E-state index contributed by atoms with van der Waals surface area (Å²) in [6.07, 6.45) is 8.33. The molecule has 102 valence electrons. The number of likely N-dealkylation sites (tertiary alicyclic amines) is 1. The molecule has 0 aromatic heterocycles. The number of unbranched alkanes of at least 4 members (excludes halogenated alkanes) is 3. The lowest BCUT2D eigenvalue weighted by molar-refractivity contribution is 0.0415. The van der Waals surface area contributed by atoms with Crippen LogP contribution in [0.2, 0.25) is 0 Å². The van der Waals surface area contributed by atoms with Gasteiger partial charge in [-0.2, -0.15) is 0 Å². The molecule has 0 aromatic rings. The third kappa shape index (κ3) is 7.02. The molecule has 1 heterocycles. The zero-order valence-corrected chi connectivity index (χ0v) is 11.7. The van der Waals surface area contributed by atoms with E-state index in [2.05, 4.69) is 17.1 Å². The highest BCUT2D eigenvalue weighted by atomic mass is 16.5. The summed E-state index contributed by atoms with van der Waals surface area (Å²) in [4.78, 5) is 2.55. The van der Waals surface area contributed by atoms with Crippen LogP contribution in [0.5, 0.6) is 0 Å². The van der Waals surface area contributed by atoms with E-state index in [0.717, 1.165) is 6.54 Å². The van der Waals surface area contributed by atoms with Gasteiger partial charge in [-0.25, -0.2) is 0 Å². The molecular weight excluding hydrogens is 212 g/mol. The van der Waals surface area contributed by atoms with E-state index in [1.165, 1.54) is 64.7 Å². The molecule has 0 bridgehead atoms. The Morgan fingerprint density at radius 1 is 1.12 bits per heavy atom. The first-order valence-corrected chi connectivity index (χ1v) is 7.32. The number of nitrogens with one attached hydrogen (secondary N) is 1. The average Bonchev–Trinajstić information content (AvgIpc) is 2.38. The fraction of sp³-hybridized carbons (Fsp3) is 1.00. The minimum absolute atomic E-state index is 0.508. The fourth-order valence-corrected chi connectivity index (χ4v) is 2.41. The van der Waals surface area contributed by atoms with Crippen molar-refractivity contribution in [1.29, 1.82) is 0 Å². The summed E-state index contributed by atoms with van der Waals surface area (Å²) in [6, 6.07) is 0. The molecule has 0 atom stereocenters. The maximum absolute atomic E-state index is 5.38. The lowest BCUT2D eigenvalue weighted by Crippen LogP contribution is -2.40. The molecule has 1 fully saturated rings. The Morgan fingerprint density at radius 3 is 2.53 bits per heavy atom. The van der Waals surface area contributed by atoms with Crippen molar-refractivity contribution >= 4 is 0 Å². The van der Waals surface area contributed by atoms with Gasteiger partial charge in [0.2, 0.25) is 0 Å². The van der Waals surface area contributed by atoms with Crippen molar-refractivity contribution in [2.75, 3.05) is 39.8 Å². The Bertz CT molecular complexity index is 168. The Balaban J connectivity index is 1.87. The highest BCUT2D eigenvalue weighted by molar-refractivity contribution is 4.72. The zero-order chi connectivity index (χ0) is 12.3. The van der Waals surface area contributed by atoms with Crippen LogP contribution in [0.15, 0.2) is 0 Å². The predicted molar refractivity (Wildman–Crippen MR) is 73.5 cm³/mol. The lowest BCUT2D eigenvalue weighted by atomic mass is 10.1. The summed E-state index contributed by atoms with van der Waals surface area (Å²) >= 11 is 0. The second-order valence-corrected chi connectivity index (χ2v) is 5.09. The van der Waals surface area contributed by atoms with Crippen molar-refractivity contribution in [3.8, 4) is 0 Å². The van der Waals surface area contributed by atoms with Crippen LogP contribution in [0.1, 0.15) is 45.4 Å². The first-order chi connectivity index (χ1) is 8.36. The van der Waals surface area contributed by atoms with E-state index >= 15 is 0 Å². The molecule has 0 aromatic carbocycles. The minimum Gasteiger partial charge on any atom is -0.381 e. The van der Waals surface area contributed by atoms with Crippen molar-refractivity contribution in [2.24, 2.45) is 0 Å². The molecule has 0 unspecified atom stereocenters. The summed E-state index contributed by atoms with van der Waals surface area (Å²) in [5.74, 6) is 0. The van der Waals surface area contributed by atoms with Crippen LogP contribution < -0.4 is 5.32 Å². The van der Waals surface area contributed by atoms with Gasteiger partial charge in [-0.05, 0) is 25.8 Å². The molecule has 17 heavy (non-hydrogen) atoms. The number of rotatable bonds is 9. The smallest absolute Gasteiger partial charge is 0.0595 e. The molecule has 3 nitrogen and oxygen atoms in total. The number of methoxy groups -OCH3 is 1. The number of piperidine rings is 1. The summed E-state index contributed by atoms with van der Waals surface area (Å²) in [5, 5.41) is 3.54. The molecule has 0 amide bonds. The van der Waals surface area contributed by atoms with Gasteiger partial charge in [0.05, 0.1) is 6.10 Å². The summed E-state index contributed by atoms with van der Waals surface area (Å²) in [6.45, 7) is 8.20. The van der Waals surface area contributed by atoms with Crippen molar-refractivity contribution in [3.63, 3.8) is 0 Å². The van der Waals surface area contributed by atoms with Gasteiger partial charge < -0.3 is 15.0 Å². The third-order valence-corrected chi connectivity index (χ3v) is 3.68. The Labute approximate surface area is 107 Å². The van der Waals surface area contributed by atoms with Crippen molar-refractivity contribution < 1.29 is 4.74 Å². The van der Waals surface area contributed by atoms with Crippen LogP contribution in [-0.2, 0) is 4.74 Å². The van der Waals surface area contributed by atoms with Crippen LogP contribution in [-0.4, -0.2) is 50.8 Å². The number of ether oxygens (including phenoxy) is 1. The van der Waals surface area contributed by atoms with Gasteiger partial charge in [0.25, 0.3) is 0 Å². The average molecular weight is 242 g/mol. The minimum atomic E-state index is 0.508. The monoisotopic (exact) mass is 242 g/mol. The second kappa shape index (κ2) is 9.86. The van der Waals surface area contributed by atoms with Gasteiger partial charge in [-0.3, -0.25) is 0 Å². The lowest BCUT2D eigenvalue weighted by Gasteiger charge is -2.31. The van der Waals surface area contributed by atoms with E-state index in [1.54, 1.807) is 0 Å². The first kappa shape index (κ1) is 14.9. The summed E-state index contributed by atoms with van der Waals surface area (Å²) in [7, 11) is 1.83. The normalized spacial score (nSPS) is 18.7. The maximum atomic E-state index is 5.38. The molecule has 3 heteroatoms. The van der Waals surface area contributed by atoms with Crippen LogP contribution in [0.25, 0.3) is 0 Å². The molecule has 1 saturated heterocycles. The predicted octanol–water partition coefficient (Wildman–Crippen LogP) is 2.27. The van der Waals surface area contributed by atoms with E-state index in [0.29, 0.717) is 6.10 Å². The topological polar surface area (TPSA) is 24.5 Å². The second-order valence-electron chi connectivity index (χ2n) is 5.09. The summed E-state index contributed by atoms with van der Waals surface area (Å²) in [5.41, 5.74) is 0. The molecule has 1 rings (SSSR count). The van der Waals surface area contributed by atoms with Gasteiger partial charge in [0.1, 0.15) is 0 Å². The molecule has 0 spiro atoms. The van der Waals surface area contributed by atoms with E-state index in [1.807, 2.05) is 7.11 Å².